The van der Waals surface area contributed by atoms with E-state index < -0.39 is 0 Å². The van der Waals surface area contributed by atoms with E-state index >= 15 is 0 Å². The number of hydrogen-bond donors (Lipinski definition) is 2. The third-order valence-electron chi connectivity index (χ3n) is 5.13. The van der Waals surface area contributed by atoms with Gasteiger partial charge in [0.15, 0.2) is 0 Å². The van der Waals surface area contributed by atoms with Gasteiger partial charge in [-0.15, -0.1) is 0 Å². The van der Waals surface area contributed by atoms with E-state index in [1.807, 2.05) is 36.5 Å². The van der Waals surface area contributed by atoms with Crippen molar-refractivity contribution in [2.45, 2.75) is 12.5 Å². The van der Waals surface area contributed by atoms with E-state index in [1.165, 1.54) is 5.56 Å². The zero-order chi connectivity index (χ0) is 19.9. The maximum absolute atomic E-state index is 12.4. The fraction of sp³-hybridized carbons (Fsp3) is 0.261. The van der Waals surface area contributed by atoms with Gasteiger partial charge in [-0.2, -0.15) is 0 Å². The number of rotatable bonds is 6. The van der Waals surface area contributed by atoms with Crippen LogP contribution >= 0.6 is 0 Å². The van der Waals surface area contributed by atoms with E-state index in [4.69, 9.17) is 0 Å². The lowest BCUT2D eigenvalue weighted by Gasteiger charge is -2.34. The number of benzene rings is 1. The first kappa shape index (κ1) is 19.1. The number of nitrogens with zero attached hydrogens (tertiary/aromatic N) is 3. The summed E-state index contributed by atoms with van der Waals surface area (Å²) in [5, 5.41) is 6.51. The highest BCUT2D eigenvalue weighted by molar-refractivity contribution is 5.94. The highest BCUT2D eigenvalue weighted by Gasteiger charge is 2.21. The molecule has 1 aliphatic heterocycles. The van der Waals surface area contributed by atoms with Crippen molar-refractivity contribution in [2.75, 3.05) is 31.1 Å². The van der Waals surface area contributed by atoms with E-state index in [2.05, 4.69) is 49.8 Å². The Morgan fingerprint density at radius 2 is 2.00 bits per heavy atom. The summed E-state index contributed by atoms with van der Waals surface area (Å²) in [6, 6.07) is 18.4. The fourth-order valence-electron chi connectivity index (χ4n) is 3.54. The Labute approximate surface area is 171 Å². The molecule has 2 N–H and O–H groups in total. The van der Waals surface area contributed by atoms with Gasteiger partial charge in [-0.1, -0.05) is 36.4 Å². The largest absolute Gasteiger partial charge is 0.353 e. The third kappa shape index (κ3) is 4.97. The average molecular weight is 387 g/mol. The molecule has 1 saturated heterocycles. The third-order valence-corrected chi connectivity index (χ3v) is 5.13. The normalized spacial score (nSPS) is 16.4. The van der Waals surface area contributed by atoms with Gasteiger partial charge in [0.1, 0.15) is 5.82 Å². The number of pyridine rings is 2. The van der Waals surface area contributed by atoms with Gasteiger partial charge in [-0.3, -0.25) is 9.78 Å². The highest BCUT2D eigenvalue weighted by Crippen LogP contribution is 2.21. The molecule has 29 heavy (non-hydrogen) atoms. The minimum absolute atomic E-state index is 0.101. The Morgan fingerprint density at radius 1 is 1.10 bits per heavy atom. The van der Waals surface area contributed by atoms with Crippen LogP contribution in [0.5, 0.6) is 0 Å². The van der Waals surface area contributed by atoms with Crippen molar-refractivity contribution >= 4 is 11.7 Å². The molecule has 6 heteroatoms. The van der Waals surface area contributed by atoms with Crippen LogP contribution in [-0.2, 0) is 6.42 Å². The van der Waals surface area contributed by atoms with Crippen molar-refractivity contribution in [3.05, 3.63) is 89.9 Å². The second kappa shape index (κ2) is 9.30. The van der Waals surface area contributed by atoms with Crippen molar-refractivity contribution in [1.29, 1.82) is 0 Å². The van der Waals surface area contributed by atoms with Gasteiger partial charge < -0.3 is 15.5 Å². The zero-order valence-corrected chi connectivity index (χ0v) is 16.3. The molecule has 1 amide bonds. The second-order valence-electron chi connectivity index (χ2n) is 7.14. The molecule has 148 valence electrons. The standard InChI is InChI=1S/C23H25N5O/c29-23(26-12-10-18-5-4-11-24-15-18)20-8-9-22(27-16-20)28-14-13-25-21(17-28)19-6-2-1-3-7-19/h1-9,11,15-16,21,25H,10,12-14,17H2,(H,26,29)/t21-/m0/s1. The molecule has 0 unspecified atom stereocenters. The Morgan fingerprint density at radius 3 is 2.76 bits per heavy atom. The lowest BCUT2D eigenvalue weighted by Crippen LogP contribution is -2.46. The van der Waals surface area contributed by atoms with Gasteiger partial charge >= 0.3 is 0 Å². The van der Waals surface area contributed by atoms with E-state index in [0.29, 0.717) is 12.1 Å². The summed E-state index contributed by atoms with van der Waals surface area (Å²) in [7, 11) is 0. The van der Waals surface area contributed by atoms with Crippen LogP contribution in [-0.4, -0.2) is 42.1 Å². The van der Waals surface area contributed by atoms with E-state index in [1.54, 1.807) is 12.4 Å². The minimum atomic E-state index is -0.101. The lowest BCUT2D eigenvalue weighted by atomic mass is 10.0. The number of amides is 1. The molecule has 3 aromatic rings. The zero-order valence-electron chi connectivity index (χ0n) is 16.3. The lowest BCUT2D eigenvalue weighted by molar-refractivity contribution is 0.0954. The predicted octanol–water partition coefficient (Wildman–Crippen LogP) is 2.60. The van der Waals surface area contributed by atoms with Gasteiger partial charge in [0.05, 0.1) is 5.56 Å². The fourth-order valence-corrected chi connectivity index (χ4v) is 3.54. The van der Waals surface area contributed by atoms with Gasteiger partial charge in [-0.25, -0.2) is 4.98 Å². The summed E-state index contributed by atoms with van der Waals surface area (Å²) in [5.74, 6) is 0.801. The Balaban J connectivity index is 1.33. The number of hydrogen-bond acceptors (Lipinski definition) is 5. The topological polar surface area (TPSA) is 70.2 Å². The van der Waals surface area contributed by atoms with Crippen molar-refractivity contribution in [3.8, 4) is 0 Å². The molecule has 3 heterocycles. The Kier molecular flexibility index (Phi) is 6.12. The summed E-state index contributed by atoms with van der Waals surface area (Å²) >= 11 is 0. The molecule has 1 aromatic carbocycles. The number of nitrogens with one attached hydrogen (secondary N) is 2. The van der Waals surface area contributed by atoms with Gasteiger partial charge in [0.25, 0.3) is 5.91 Å². The summed E-state index contributed by atoms with van der Waals surface area (Å²) < 4.78 is 0. The molecule has 1 aliphatic rings. The van der Waals surface area contributed by atoms with Crippen LogP contribution in [0.1, 0.15) is 27.5 Å². The first-order chi connectivity index (χ1) is 14.3. The first-order valence-electron chi connectivity index (χ1n) is 9.96. The number of carbonyl (C=O) groups excluding carboxylic acids is 1. The van der Waals surface area contributed by atoms with Crippen LogP contribution in [0.3, 0.4) is 0 Å². The molecule has 0 aliphatic carbocycles. The van der Waals surface area contributed by atoms with Crippen LogP contribution in [0.4, 0.5) is 5.82 Å². The van der Waals surface area contributed by atoms with Gasteiger partial charge in [0.2, 0.25) is 0 Å². The molecule has 1 fully saturated rings. The number of carbonyl (C=O) groups is 1. The van der Waals surface area contributed by atoms with Crippen LogP contribution in [0.25, 0.3) is 0 Å². The predicted molar refractivity (Wildman–Crippen MR) is 114 cm³/mol. The van der Waals surface area contributed by atoms with Gasteiger partial charge in [-0.05, 0) is 35.7 Å². The molecule has 0 spiro atoms. The molecule has 2 aromatic heterocycles. The smallest absolute Gasteiger partial charge is 0.252 e. The molecule has 0 radical (unpaired) electrons. The molecule has 4 rings (SSSR count). The van der Waals surface area contributed by atoms with Crippen LogP contribution < -0.4 is 15.5 Å². The van der Waals surface area contributed by atoms with Crippen molar-refractivity contribution in [2.24, 2.45) is 0 Å². The van der Waals surface area contributed by atoms with E-state index in [0.717, 1.165) is 37.4 Å². The van der Waals surface area contributed by atoms with Crippen LogP contribution in [0.15, 0.2) is 73.2 Å². The molecular weight excluding hydrogens is 362 g/mol. The maximum atomic E-state index is 12.4. The number of anilines is 1. The minimum Gasteiger partial charge on any atom is -0.353 e. The summed E-state index contributed by atoms with van der Waals surface area (Å²) in [5.41, 5.74) is 2.96. The quantitative estimate of drug-likeness (QED) is 0.680. The summed E-state index contributed by atoms with van der Waals surface area (Å²) in [4.78, 5) is 23.3. The SMILES string of the molecule is O=C(NCCc1cccnc1)c1ccc(N2CCN[C@H](c3ccccc3)C2)nc1. The molecular formula is C23H25N5O. The Hall–Kier alpha value is -3.25. The monoisotopic (exact) mass is 387 g/mol. The second-order valence-corrected chi connectivity index (χ2v) is 7.14. The summed E-state index contributed by atoms with van der Waals surface area (Å²) in [6.45, 7) is 3.22. The van der Waals surface area contributed by atoms with Crippen molar-refractivity contribution in [1.82, 2.24) is 20.6 Å². The van der Waals surface area contributed by atoms with Crippen LogP contribution in [0, 0.1) is 0 Å². The van der Waals surface area contributed by atoms with Crippen LogP contribution in [0.2, 0.25) is 0 Å². The van der Waals surface area contributed by atoms with Gasteiger partial charge in [0, 0.05) is 50.8 Å². The first-order valence-corrected chi connectivity index (χ1v) is 9.96. The number of piperazine rings is 1. The molecule has 0 saturated carbocycles. The highest BCUT2D eigenvalue weighted by atomic mass is 16.1. The average Bonchev–Trinajstić information content (AvgIpc) is 2.80. The van der Waals surface area contributed by atoms with E-state index in [-0.39, 0.29) is 11.9 Å². The molecule has 0 bridgehead atoms. The van der Waals surface area contributed by atoms with Crippen molar-refractivity contribution in [3.63, 3.8) is 0 Å². The maximum Gasteiger partial charge on any atom is 0.252 e. The molecule has 6 nitrogen and oxygen atoms in total. The van der Waals surface area contributed by atoms with Crippen molar-refractivity contribution < 1.29 is 4.79 Å². The Bertz CT molecular complexity index is 915. The summed E-state index contributed by atoms with van der Waals surface area (Å²) in [6.07, 6.45) is 5.98. The molecule has 1 atom stereocenters. The van der Waals surface area contributed by atoms with E-state index in [9.17, 15) is 4.79 Å². The number of aromatic nitrogens is 2.